The van der Waals surface area contributed by atoms with E-state index in [0.717, 1.165) is 24.5 Å². The molecule has 8 nitrogen and oxygen atoms in total. The Balaban J connectivity index is 1.23. The minimum absolute atomic E-state index is 0.0113. The molecule has 2 aliphatic heterocycles. The molecule has 2 aromatic carbocycles. The van der Waals surface area contributed by atoms with Gasteiger partial charge in [-0.05, 0) is 59.9 Å². The lowest BCUT2D eigenvalue weighted by Crippen LogP contribution is -2.42. The first kappa shape index (κ1) is 26.4. The number of anilines is 2. The molecule has 1 aromatic heterocycles. The van der Waals surface area contributed by atoms with Crippen LogP contribution in [0.5, 0.6) is 0 Å². The fourth-order valence-corrected chi connectivity index (χ4v) is 6.70. The van der Waals surface area contributed by atoms with Gasteiger partial charge in [-0.15, -0.1) is 5.53 Å². The van der Waals surface area contributed by atoms with Gasteiger partial charge in [0.05, 0.1) is 40.9 Å². The zero-order valence-electron chi connectivity index (χ0n) is 25.0. The number of nitriles is 1. The van der Waals surface area contributed by atoms with Crippen molar-refractivity contribution >= 4 is 45.5 Å². The normalized spacial score (nSPS) is 25.2. The summed E-state index contributed by atoms with van der Waals surface area (Å²) in [5, 5.41) is 20.7. The van der Waals surface area contributed by atoms with Gasteiger partial charge in [-0.25, -0.2) is 0 Å². The molecule has 3 aromatic rings. The number of pyridine rings is 1. The number of hydrazine groups is 2. The molecule has 3 fully saturated rings. The van der Waals surface area contributed by atoms with Crippen LogP contribution in [0, 0.1) is 28.6 Å². The van der Waals surface area contributed by atoms with Crippen LogP contribution in [0.15, 0.2) is 54.5 Å². The fraction of sp³-hybridized carbons (Fsp3) is 0.438. The molecule has 0 spiro atoms. The predicted molar refractivity (Wildman–Crippen MR) is 169 cm³/mol. The lowest BCUT2D eigenvalue weighted by Gasteiger charge is -2.23. The van der Waals surface area contributed by atoms with Crippen molar-refractivity contribution in [2.45, 2.75) is 51.7 Å². The van der Waals surface area contributed by atoms with Crippen LogP contribution in [-0.4, -0.2) is 46.6 Å². The third kappa shape index (κ3) is 5.35. The highest BCUT2D eigenvalue weighted by Crippen LogP contribution is 2.51. The molecule has 10 heteroatoms. The number of nitrogens with zero attached hydrogens (tertiary/aromatic N) is 4. The van der Waals surface area contributed by atoms with Gasteiger partial charge in [0, 0.05) is 54.2 Å². The molecule has 2 saturated carbocycles. The van der Waals surface area contributed by atoms with E-state index in [1.54, 1.807) is 24.4 Å². The number of benzene rings is 2. The molecule has 4 aliphatic rings. The first-order valence-electron chi connectivity index (χ1n) is 15.1. The number of rotatable bonds is 8. The van der Waals surface area contributed by atoms with Crippen LogP contribution in [-0.2, 0) is 0 Å². The number of piperidine rings is 1. The summed E-state index contributed by atoms with van der Waals surface area (Å²) < 4.78 is 9.86. The summed E-state index contributed by atoms with van der Waals surface area (Å²) in [6.45, 7) is 9.36. The van der Waals surface area contributed by atoms with Crippen LogP contribution in [0.1, 0.15) is 52.1 Å². The molecule has 42 heavy (non-hydrogen) atoms. The summed E-state index contributed by atoms with van der Waals surface area (Å²) >= 11 is 13.0. The lowest BCUT2D eigenvalue weighted by molar-refractivity contribution is 0.194. The predicted octanol–water partition coefficient (Wildman–Crippen LogP) is 6.28. The van der Waals surface area contributed by atoms with Crippen molar-refractivity contribution in [3.63, 3.8) is 0 Å². The molecule has 218 valence electrons. The Morgan fingerprint density at radius 3 is 2.57 bits per heavy atom. The van der Waals surface area contributed by atoms with Gasteiger partial charge in [-0.3, -0.25) is 14.9 Å². The Hall–Kier alpha value is -3.22. The maximum atomic E-state index is 9.88. The number of aromatic nitrogens is 1. The second-order valence-corrected chi connectivity index (χ2v) is 14.0. The molecule has 7 rings (SSSR count). The topological polar surface area (TPSA) is 91.3 Å². The van der Waals surface area contributed by atoms with Crippen molar-refractivity contribution in [2.24, 2.45) is 17.3 Å². The van der Waals surface area contributed by atoms with Crippen molar-refractivity contribution < 1.29 is 1.37 Å². The van der Waals surface area contributed by atoms with Gasteiger partial charge in [-0.1, -0.05) is 56.1 Å². The number of halogens is 2. The number of hydrogen-bond donors (Lipinski definition) is 4. The Morgan fingerprint density at radius 2 is 1.90 bits per heavy atom. The lowest BCUT2D eigenvalue weighted by atomic mass is 9.96. The number of likely N-dealkylation sites (tertiary alicyclic amines) is 1. The van der Waals surface area contributed by atoms with Gasteiger partial charge >= 0.3 is 0 Å². The highest BCUT2D eigenvalue weighted by molar-refractivity contribution is 6.36. The van der Waals surface area contributed by atoms with Gasteiger partial charge in [-0.2, -0.15) is 5.26 Å². The van der Waals surface area contributed by atoms with E-state index in [2.05, 4.69) is 63.3 Å². The highest BCUT2D eigenvalue weighted by atomic mass is 35.5. The van der Waals surface area contributed by atoms with Crippen molar-refractivity contribution in [3.8, 4) is 6.07 Å². The largest absolute Gasteiger partial charge is 0.383 e. The maximum absolute atomic E-state index is 9.88. The van der Waals surface area contributed by atoms with Crippen LogP contribution >= 0.6 is 23.2 Å². The van der Waals surface area contributed by atoms with E-state index >= 15 is 0 Å². The Bertz CT molecular complexity index is 1630. The molecule has 1 saturated heterocycles. The standard InChI is InChI=1S/C32H36Cl2N8/c1-32(2,3)17-37-28-19(12-35)13-36-30-23(28)10-21(11-26(30)34)38-29(18-4-6-20(33)7-5-18)27-16-42(40-39-27)31-24-14-41(15-25(24)31)22-8-9-22/h4-7,10-11,13,16,22,24-25,29,31,38-40H,8-9,14-15,17H2,1-3H3,(H,36,37)/t24-,25+,29?,31?/i29D. The SMILES string of the molecule is [2H]C(Nc1cc(Cl)c2ncc(C#N)c(NCC(C)(C)C)c2c1)(C1=CN(C2[C@H]3CN(C4CC4)C[C@@H]23)NN1)c1ccc(Cl)cc1. The molecule has 4 atom stereocenters. The van der Waals surface area contributed by atoms with Crippen molar-refractivity contribution in [3.05, 3.63) is 75.7 Å². The van der Waals surface area contributed by atoms with E-state index in [1.807, 2.05) is 24.4 Å². The van der Waals surface area contributed by atoms with E-state index < -0.39 is 6.02 Å². The third-order valence-electron chi connectivity index (χ3n) is 8.66. The second-order valence-electron chi connectivity index (χ2n) is 13.1. The first-order chi connectivity index (χ1) is 20.5. The average molecular weight is 605 g/mol. The molecule has 4 N–H and O–H groups in total. The van der Waals surface area contributed by atoms with Crippen LogP contribution in [0.25, 0.3) is 10.9 Å². The van der Waals surface area contributed by atoms with Crippen molar-refractivity contribution in [1.82, 2.24) is 25.9 Å². The highest BCUT2D eigenvalue weighted by Gasteiger charge is 2.60. The zero-order valence-corrected chi connectivity index (χ0v) is 25.5. The smallest absolute Gasteiger partial charge is 0.103 e. The summed E-state index contributed by atoms with van der Waals surface area (Å²) in [7, 11) is 0. The molecule has 2 unspecified atom stereocenters. The maximum Gasteiger partial charge on any atom is 0.103 e. The zero-order chi connectivity index (χ0) is 30.1. The fourth-order valence-electron chi connectivity index (χ4n) is 6.31. The summed E-state index contributed by atoms with van der Waals surface area (Å²) in [6, 6.07) is 13.1. The minimum atomic E-state index is -1.41. The number of nitrogens with one attached hydrogen (secondary N) is 4. The summed E-state index contributed by atoms with van der Waals surface area (Å²) in [5.41, 5.74) is 10.3. The molecule has 3 heterocycles. The molecular formula is C32H36Cl2N8. The van der Waals surface area contributed by atoms with Crippen molar-refractivity contribution in [2.75, 3.05) is 30.3 Å². The van der Waals surface area contributed by atoms with Gasteiger partial charge in [0.25, 0.3) is 0 Å². The van der Waals surface area contributed by atoms with Crippen LogP contribution in [0.3, 0.4) is 0 Å². The summed E-state index contributed by atoms with van der Waals surface area (Å²) in [6.07, 6.45) is 6.26. The molecular weight excluding hydrogens is 567 g/mol. The molecule has 0 bridgehead atoms. The first-order valence-corrected chi connectivity index (χ1v) is 15.4. The quantitative estimate of drug-likeness (QED) is 0.239. The number of fused-ring (bicyclic) bond motifs is 2. The summed E-state index contributed by atoms with van der Waals surface area (Å²) in [5.74, 6) is 1.29. The van der Waals surface area contributed by atoms with E-state index in [0.29, 0.717) is 68.2 Å². The Kier molecular flexibility index (Phi) is 6.60. The van der Waals surface area contributed by atoms with Gasteiger partial charge < -0.3 is 16.1 Å². The van der Waals surface area contributed by atoms with E-state index in [-0.39, 0.29) is 5.41 Å². The monoisotopic (exact) mass is 603 g/mol. The van der Waals surface area contributed by atoms with Gasteiger partial charge in [0.15, 0.2) is 0 Å². The van der Waals surface area contributed by atoms with E-state index in [9.17, 15) is 6.63 Å². The Labute approximate surface area is 258 Å². The second kappa shape index (κ2) is 10.5. The number of hydrogen-bond acceptors (Lipinski definition) is 8. The molecule has 2 aliphatic carbocycles. The third-order valence-corrected chi connectivity index (χ3v) is 9.20. The van der Waals surface area contributed by atoms with Crippen molar-refractivity contribution in [1.29, 1.82) is 5.26 Å². The summed E-state index contributed by atoms with van der Waals surface area (Å²) in [4.78, 5) is 7.14. The average Bonchev–Trinajstić information content (AvgIpc) is 3.82. The minimum Gasteiger partial charge on any atom is -0.383 e. The van der Waals surface area contributed by atoms with Gasteiger partial charge in [0.2, 0.25) is 0 Å². The molecule has 0 amide bonds. The van der Waals surface area contributed by atoms with Gasteiger partial charge in [0.1, 0.15) is 6.07 Å². The van der Waals surface area contributed by atoms with E-state index in [4.69, 9.17) is 23.2 Å². The van der Waals surface area contributed by atoms with Crippen LogP contribution < -0.4 is 21.6 Å². The van der Waals surface area contributed by atoms with Crippen LogP contribution in [0.2, 0.25) is 10.0 Å². The van der Waals surface area contributed by atoms with Crippen LogP contribution in [0.4, 0.5) is 11.4 Å². The Morgan fingerprint density at radius 1 is 1.17 bits per heavy atom. The molecule has 0 radical (unpaired) electrons. The van der Waals surface area contributed by atoms with E-state index in [1.165, 1.54) is 12.8 Å².